The largest absolute Gasteiger partial charge is 0.341 e. The highest BCUT2D eigenvalue weighted by molar-refractivity contribution is 5.83. The zero-order valence-electron chi connectivity index (χ0n) is 13.2. The fourth-order valence-electron chi connectivity index (χ4n) is 2.97. The summed E-state index contributed by atoms with van der Waals surface area (Å²) < 4.78 is 0. The Labute approximate surface area is 127 Å². The molecule has 0 aliphatic carbocycles. The standard InChI is InChI=1S/C17H27N3O/c1-3-19(2)16(15-7-5-4-6-8-15)17(21)20-11-9-14(13-18)10-12-20/h4-8,14,16H,3,9-13,18H2,1-2H3. The van der Waals surface area contributed by atoms with Crippen LogP contribution in [0.2, 0.25) is 0 Å². The van der Waals surface area contributed by atoms with Crippen molar-refractivity contribution in [3.63, 3.8) is 0 Å². The van der Waals surface area contributed by atoms with Crippen LogP contribution in [0, 0.1) is 5.92 Å². The molecule has 116 valence electrons. The lowest BCUT2D eigenvalue weighted by Gasteiger charge is -2.36. The van der Waals surface area contributed by atoms with Gasteiger partial charge in [-0.1, -0.05) is 37.3 Å². The van der Waals surface area contributed by atoms with E-state index in [1.165, 1.54) is 0 Å². The Morgan fingerprint density at radius 1 is 1.33 bits per heavy atom. The molecule has 4 nitrogen and oxygen atoms in total. The summed E-state index contributed by atoms with van der Waals surface area (Å²) in [6, 6.07) is 9.90. The van der Waals surface area contributed by atoms with Gasteiger partial charge in [-0.25, -0.2) is 0 Å². The first kappa shape index (κ1) is 16.0. The van der Waals surface area contributed by atoms with E-state index in [1.807, 2.05) is 42.3 Å². The van der Waals surface area contributed by atoms with Gasteiger partial charge in [0.25, 0.3) is 0 Å². The van der Waals surface area contributed by atoms with Crippen molar-refractivity contribution in [1.82, 2.24) is 9.80 Å². The molecule has 1 aliphatic heterocycles. The first-order valence-electron chi connectivity index (χ1n) is 7.91. The molecule has 2 N–H and O–H groups in total. The van der Waals surface area contributed by atoms with Crippen LogP contribution < -0.4 is 5.73 Å². The van der Waals surface area contributed by atoms with Crippen molar-refractivity contribution >= 4 is 5.91 Å². The fraction of sp³-hybridized carbons (Fsp3) is 0.588. The average molecular weight is 289 g/mol. The monoisotopic (exact) mass is 289 g/mol. The highest BCUT2D eigenvalue weighted by Crippen LogP contribution is 2.25. The average Bonchev–Trinajstić information content (AvgIpc) is 2.55. The number of carbonyl (C=O) groups excluding carboxylic acids is 1. The minimum Gasteiger partial charge on any atom is -0.341 e. The summed E-state index contributed by atoms with van der Waals surface area (Å²) in [6.45, 7) is 5.34. The van der Waals surface area contributed by atoms with Gasteiger partial charge in [0.1, 0.15) is 6.04 Å². The van der Waals surface area contributed by atoms with Crippen LogP contribution in [-0.4, -0.2) is 48.9 Å². The number of piperidine rings is 1. The molecule has 1 amide bonds. The maximum Gasteiger partial charge on any atom is 0.244 e. The van der Waals surface area contributed by atoms with E-state index in [9.17, 15) is 4.79 Å². The van der Waals surface area contributed by atoms with Crippen LogP contribution in [-0.2, 0) is 4.79 Å². The molecule has 0 spiro atoms. The molecule has 1 fully saturated rings. The van der Waals surface area contributed by atoms with E-state index < -0.39 is 0 Å². The van der Waals surface area contributed by atoms with Crippen molar-refractivity contribution in [2.24, 2.45) is 11.7 Å². The minimum absolute atomic E-state index is 0.175. The Morgan fingerprint density at radius 2 is 1.95 bits per heavy atom. The smallest absolute Gasteiger partial charge is 0.244 e. The van der Waals surface area contributed by atoms with Crippen LogP contribution in [0.5, 0.6) is 0 Å². The summed E-state index contributed by atoms with van der Waals surface area (Å²) in [7, 11) is 2.02. The van der Waals surface area contributed by atoms with Crippen LogP contribution in [0.1, 0.15) is 31.4 Å². The molecule has 0 radical (unpaired) electrons. The van der Waals surface area contributed by atoms with Crippen LogP contribution in [0.25, 0.3) is 0 Å². The van der Waals surface area contributed by atoms with Gasteiger partial charge < -0.3 is 10.6 Å². The van der Waals surface area contributed by atoms with E-state index >= 15 is 0 Å². The first-order chi connectivity index (χ1) is 10.2. The number of amides is 1. The van der Waals surface area contributed by atoms with Gasteiger partial charge in [-0.05, 0) is 44.5 Å². The van der Waals surface area contributed by atoms with Crippen LogP contribution in [0.3, 0.4) is 0 Å². The van der Waals surface area contributed by atoms with Gasteiger partial charge in [0.05, 0.1) is 0 Å². The normalized spacial score (nSPS) is 18.0. The summed E-state index contributed by atoms with van der Waals surface area (Å²) in [5.41, 5.74) is 6.81. The summed E-state index contributed by atoms with van der Waals surface area (Å²) in [5.74, 6) is 0.800. The number of nitrogens with zero attached hydrogens (tertiary/aromatic N) is 2. The number of carbonyl (C=O) groups is 1. The lowest BCUT2D eigenvalue weighted by atomic mass is 9.95. The predicted octanol–water partition coefficient (Wildman–Crippen LogP) is 1.88. The minimum atomic E-state index is -0.175. The molecule has 1 aromatic rings. The van der Waals surface area contributed by atoms with Crippen molar-refractivity contribution in [3.05, 3.63) is 35.9 Å². The van der Waals surface area contributed by atoms with E-state index in [2.05, 4.69) is 11.8 Å². The molecule has 0 bridgehead atoms. The van der Waals surface area contributed by atoms with Crippen molar-refractivity contribution in [2.75, 3.05) is 33.2 Å². The van der Waals surface area contributed by atoms with Gasteiger partial charge in [0, 0.05) is 13.1 Å². The SMILES string of the molecule is CCN(C)C(C(=O)N1CCC(CN)CC1)c1ccccc1. The van der Waals surface area contributed by atoms with E-state index in [0.717, 1.165) is 44.6 Å². The molecular weight excluding hydrogens is 262 g/mol. The van der Waals surface area contributed by atoms with Crippen LogP contribution in [0.4, 0.5) is 0 Å². The number of likely N-dealkylation sites (tertiary alicyclic amines) is 1. The molecule has 0 aromatic heterocycles. The number of likely N-dealkylation sites (N-methyl/N-ethyl adjacent to an activating group) is 1. The molecule has 21 heavy (non-hydrogen) atoms. The topological polar surface area (TPSA) is 49.6 Å². The Balaban J connectivity index is 2.12. The number of nitrogens with two attached hydrogens (primary N) is 1. The highest BCUT2D eigenvalue weighted by Gasteiger charge is 2.30. The predicted molar refractivity (Wildman–Crippen MR) is 85.8 cm³/mol. The molecule has 4 heteroatoms. The Hall–Kier alpha value is -1.39. The summed E-state index contributed by atoms with van der Waals surface area (Å²) in [4.78, 5) is 17.1. The summed E-state index contributed by atoms with van der Waals surface area (Å²) >= 11 is 0. The summed E-state index contributed by atoms with van der Waals surface area (Å²) in [6.07, 6.45) is 2.05. The third-order valence-corrected chi connectivity index (χ3v) is 4.55. The van der Waals surface area contributed by atoms with E-state index in [4.69, 9.17) is 5.73 Å². The second kappa shape index (κ2) is 7.57. The van der Waals surface area contributed by atoms with Crippen LogP contribution in [0.15, 0.2) is 30.3 Å². The highest BCUT2D eigenvalue weighted by atomic mass is 16.2. The fourth-order valence-corrected chi connectivity index (χ4v) is 2.97. The number of rotatable bonds is 5. The maximum absolute atomic E-state index is 12.9. The molecule has 1 unspecified atom stereocenters. The first-order valence-corrected chi connectivity index (χ1v) is 7.91. The van der Waals surface area contributed by atoms with E-state index in [-0.39, 0.29) is 11.9 Å². The third kappa shape index (κ3) is 3.83. The zero-order chi connectivity index (χ0) is 15.2. The van der Waals surface area contributed by atoms with Crippen molar-refractivity contribution in [1.29, 1.82) is 0 Å². The molecule has 1 aromatic carbocycles. The van der Waals surface area contributed by atoms with Gasteiger partial charge in [-0.2, -0.15) is 0 Å². The van der Waals surface area contributed by atoms with Crippen molar-refractivity contribution < 1.29 is 4.79 Å². The van der Waals surface area contributed by atoms with Gasteiger partial charge in [0.15, 0.2) is 0 Å². The number of benzene rings is 1. The van der Waals surface area contributed by atoms with E-state index in [1.54, 1.807) is 0 Å². The van der Waals surface area contributed by atoms with Crippen molar-refractivity contribution in [3.8, 4) is 0 Å². The quantitative estimate of drug-likeness (QED) is 0.900. The Morgan fingerprint density at radius 3 is 2.48 bits per heavy atom. The van der Waals surface area contributed by atoms with Crippen LogP contribution >= 0.6 is 0 Å². The number of hydrogen-bond donors (Lipinski definition) is 1. The van der Waals surface area contributed by atoms with Gasteiger partial charge in [-0.15, -0.1) is 0 Å². The van der Waals surface area contributed by atoms with Crippen molar-refractivity contribution in [2.45, 2.75) is 25.8 Å². The van der Waals surface area contributed by atoms with Gasteiger partial charge in [-0.3, -0.25) is 9.69 Å². The Bertz CT molecular complexity index is 441. The van der Waals surface area contributed by atoms with Gasteiger partial charge >= 0.3 is 0 Å². The van der Waals surface area contributed by atoms with E-state index in [0.29, 0.717) is 5.92 Å². The zero-order valence-corrected chi connectivity index (χ0v) is 13.2. The molecule has 1 atom stereocenters. The second-order valence-corrected chi connectivity index (χ2v) is 5.89. The molecule has 0 saturated carbocycles. The molecule has 1 saturated heterocycles. The molecule has 1 heterocycles. The second-order valence-electron chi connectivity index (χ2n) is 5.89. The third-order valence-electron chi connectivity index (χ3n) is 4.55. The lowest BCUT2D eigenvalue weighted by Crippen LogP contribution is -2.46. The molecule has 2 rings (SSSR count). The summed E-state index contributed by atoms with van der Waals surface area (Å²) in [5, 5.41) is 0. The molecule has 1 aliphatic rings. The Kier molecular flexibility index (Phi) is 5.76. The maximum atomic E-state index is 12.9. The lowest BCUT2D eigenvalue weighted by molar-refractivity contribution is -0.138. The number of hydrogen-bond acceptors (Lipinski definition) is 3. The molecular formula is C17H27N3O. The van der Waals surface area contributed by atoms with Gasteiger partial charge in [0.2, 0.25) is 5.91 Å².